The Balaban J connectivity index is -0.000000364. The van der Waals surface area contributed by atoms with Crippen molar-refractivity contribution in [2.45, 2.75) is 91.4 Å². The fraction of sp³-hybridized carbons (Fsp3) is 0.714. The molecule has 0 saturated heterocycles. The summed E-state index contributed by atoms with van der Waals surface area (Å²) in [6.45, 7) is 16.2. The van der Waals surface area contributed by atoms with Crippen molar-refractivity contribution in [1.29, 1.82) is 0 Å². The van der Waals surface area contributed by atoms with Crippen LogP contribution in [0.4, 0.5) is 0 Å². The van der Waals surface area contributed by atoms with Crippen LogP contribution in [-0.2, 0) is 9.59 Å². The molecule has 0 fully saturated rings. The van der Waals surface area contributed by atoms with Gasteiger partial charge in [0.2, 0.25) is 0 Å². The van der Waals surface area contributed by atoms with E-state index < -0.39 is 30.3 Å². The maximum absolute atomic E-state index is 9.60. The molecular weight excluding hydrogens is 435 g/mol. The van der Waals surface area contributed by atoms with E-state index in [0.717, 1.165) is 0 Å². The van der Waals surface area contributed by atoms with Crippen LogP contribution in [0.1, 0.15) is 73.1 Å². The van der Waals surface area contributed by atoms with E-state index in [1.54, 1.807) is 13.3 Å². The zero-order chi connectivity index (χ0) is 21.2. The number of hydrogen-bond acceptors (Lipinski definition) is 2. The minimum absolute atomic E-state index is 0.176. The van der Waals surface area contributed by atoms with Crippen LogP contribution in [-0.4, -0.2) is 40.5 Å². The first-order valence-electron chi connectivity index (χ1n) is 9.74. The van der Waals surface area contributed by atoms with Crippen LogP contribution in [0, 0.1) is 0 Å². The molecule has 0 aromatic heterocycles. The van der Waals surface area contributed by atoms with E-state index in [-0.39, 0.29) is 11.1 Å². The summed E-state index contributed by atoms with van der Waals surface area (Å²) in [6.07, 6.45) is 8.76. The molecule has 0 aliphatic carbocycles. The number of carboxylic acids is 2. The van der Waals surface area contributed by atoms with Crippen LogP contribution in [0.3, 0.4) is 0 Å². The summed E-state index contributed by atoms with van der Waals surface area (Å²) in [7, 11) is 0. The molecule has 2 N–H and O–H groups in total. The summed E-state index contributed by atoms with van der Waals surface area (Å²) in [4.78, 5) is 21.9. The Morgan fingerprint density at radius 2 is 0.923 bits per heavy atom. The van der Waals surface area contributed by atoms with Crippen molar-refractivity contribution in [1.82, 2.24) is 0 Å². The van der Waals surface area contributed by atoms with Crippen LogP contribution < -0.4 is 0 Å². The molecule has 0 heterocycles. The van der Waals surface area contributed by atoms with Gasteiger partial charge in [-0.3, -0.25) is 0 Å². The van der Waals surface area contributed by atoms with Crippen molar-refractivity contribution >= 4 is 30.3 Å². The van der Waals surface area contributed by atoms with E-state index in [1.807, 2.05) is 0 Å². The molecule has 0 bridgehead atoms. The van der Waals surface area contributed by atoms with Gasteiger partial charge in [-0.05, 0) is 13.8 Å². The van der Waals surface area contributed by atoms with Crippen molar-refractivity contribution in [2.75, 3.05) is 0 Å². The van der Waals surface area contributed by atoms with E-state index >= 15 is 0 Å². The number of carbonyl (C=O) groups is 2. The predicted molar refractivity (Wildman–Crippen MR) is 116 cm³/mol. The first-order valence-corrected chi connectivity index (χ1v) is 18.7. The Labute approximate surface area is 165 Å². The fourth-order valence-corrected chi connectivity index (χ4v) is 14.7. The summed E-state index contributed by atoms with van der Waals surface area (Å²) in [5.41, 5.74) is 0.352. The molecule has 5 heteroatoms. The summed E-state index contributed by atoms with van der Waals surface area (Å²) >= 11 is -1.56. The zero-order valence-electron chi connectivity index (χ0n) is 18.0. The van der Waals surface area contributed by atoms with E-state index in [4.69, 9.17) is 10.2 Å². The summed E-state index contributed by atoms with van der Waals surface area (Å²) in [6, 6.07) is 0. The van der Waals surface area contributed by atoms with Gasteiger partial charge in [-0.25, -0.2) is 9.59 Å². The molecule has 0 aliphatic rings. The first-order chi connectivity index (χ1) is 12.0. The topological polar surface area (TPSA) is 74.6 Å². The van der Waals surface area contributed by atoms with Crippen molar-refractivity contribution in [3.05, 3.63) is 24.3 Å². The molecule has 0 saturated carbocycles. The Morgan fingerprint density at radius 1 is 0.731 bits per heavy atom. The quantitative estimate of drug-likeness (QED) is 0.255. The van der Waals surface area contributed by atoms with E-state index in [2.05, 4.69) is 38.9 Å². The van der Waals surface area contributed by atoms with Crippen molar-refractivity contribution < 1.29 is 19.8 Å². The van der Waals surface area contributed by atoms with Gasteiger partial charge in [0.25, 0.3) is 0 Å². The first kappa shape index (κ1) is 30.0. The normalized spacial score (nSPS) is 9.92. The molecule has 0 radical (unpaired) electrons. The molecule has 0 aliphatic heterocycles. The second kappa shape index (κ2) is 19.0. The van der Waals surface area contributed by atoms with Gasteiger partial charge in [0.05, 0.1) is 0 Å². The second-order valence-electron chi connectivity index (χ2n) is 7.29. The molecule has 154 valence electrons. The standard InChI is InChI=1S/2C4H6O2.3C4H9.CH3.Sn/c2*1-3(2)4(5)6;3*1-3-4-2;;/h2*1H2,2H3,(H,5,6);3*1,3-4H2,2H3;1H3;. The van der Waals surface area contributed by atoms with E-state index in [0.29, 0.717) is 0 Å². The summed E-state index contributed by atoms with van der Waals surface area (Å²) in [5, 5.41) is 15.8. The van der Waals surface area contributed by atoms with Gasteiger partial charge in [-0.1, -0.05) is 13.2 Å². The van der Waals surface area contributed by atoms with Gasteiger partial charge in [0.15, 0.2) is 0 Å². The van der Waals surface area contributed by atoms with Gasteiger partial charge < -0.3 is 10.2 Å². The van der Waals surface area contributed by atoms with Crippen LogP contribution in [0.2, 0.25) is 18.2 Å². The molecule has 0 aromatic carbocycles. The van der Waals surface area contributed by atoms with Gasteiger partial charge in [-0.2, -0.15) is 0 Å². The molecular formula is C21H42O4Sn. The van der Waals surface area contributed by atoms with Crippen LogP contribution in [0.25, 0.3) is 0 Å². The minimum atomic E-state index is -1.56. The third-order valence-corrected chi connectivity index (χ3v) is 17.5. The van der Waals surface area contributed by atoms with Crippen LogP contribution in [0.5, 0.6) is 0 Å². The predicted octanol–water partition coefficient (Wildman–Crippen LogP) is 6.76. The average molecular weight is 477 g/mol. The van der Waals surface area contributed by atoms with Gasteiger partial charge >= 0.3 is 108 Å². The number of carboxylic acid groups (broad SMARTS) is 2. The van der Waals surface area contributed by atoms with Crippen molar-refractivity contribution in [2.24, 2.45) is 0 Å². The maximum atomic E-state index is 9.60. The Hall–Kier alpha value is -0.781. The Kier molecular flexibility index (Phi) is 21.9. The van der Waals surface area contributed by atoms with Crippen LogP contribution in [0.15, 0.2) is 24.3 Å². The molecule has 0 unspecified atom stereocenters. The molecule has 0 spiro atoms. The van der Waals surface area contributed by atoms with E-state index in [1.165, 1.54) is 52.4 Å². The molecule has 0 atom stereocenters. The van der Waals surface area contributed by atoms with Gasteiger partial charge in [0, 0.05) is 11.1 Å². The van der Waals surface area contributed by atoms with E-state index in [9.17, 15) is 9.59 Å². The third-order valence-electron chi connectivity index (χ3n) is 4.13. The Morgan fingerprint density at radius 3 is 1.04 bits per heavy atom. The van der Waals surface area contributed by atoms with Gasteiger partial charge in [-0.15, -0.1) is 0 Å². The Bertz CT molecular complexity index is 346. The summed E-state index contributed by atoms with van der Waals surface area (Å²) in [5.74, 6) is -1.87. The molecule has 0 rings (SSSR count). The zero-order valence-corrected chi connectivity index (χ0v) is 20.8. The molecule has 26 heavy (non-hydrogen) atoms. The van der Waals surface area contributed by atoms with Gasteiger partial charge in [0.1, 0.15) is 0 Å². The third kappa shape index (κ3) is 23.2. The van der Waals surface area contributed by atoms with Crippen molar-refractivity contribution in [3.63, 3.8) is 0 Å². The molecule has 0 amide bonds. The average Bonchev–Trinajstić information content (AvgIpc) is 2.57. The molecule has 0 aromatic rings. The fourth-order valence-electron chi connectivity index (χ4n) is 2.19. The SMILES string of the molecule is C=C(C)C(=O)O.C=C(C)C(=O)O.CCC[CH2][Sn]([CH3])([CH2]CCC)[CH2]CCC. The van der Waals surface area contributed by atoms with Crippen molar-refractivity contribution in [3.8, 4) is 0 Å². The second-order valence-corrected chi connectivity index (χ2v) is 21.9. The number of hydrogen-bond donors (Lipinski definition) is 2. The summed E-state index contributed by atoms with van der Waals surface area (Å²) < 4.78 is 4.97. The number of rotatable bonds is 11. The van der Waals surface area contributed by atoms with Crippen LogP contribution >= 0.6 is 0 Å². The molecule has 4 nitrogen and oxygen atoms in total. The monoisotopic (exact) mass is 478 g/mol. The number of unbranched alkanes of at least 4 members (excludes halogenated alkanes) is 3. The number of aliphatic carboxylic acids is 2.